The summed E-state index contributed by atoms with van der Waals surface area (Å²) >= 11 is 0. The highest BCUT2D eigenvalue weighted by atomic mass is 19.4. The summed E-state index contributed by atoms with van der Waals surface area (Å²) < 4.78 is 43.2. The number of halogens is 3. The van der Waals surface area contributed by atoms with Crippen molar-refractivity contribution in [3.63, 3.8) is 0 Å². The molecule has 3 aliphatic carbocycles. The van der Waals surface area contributed by atoms with Gasteiger partial charge in [-0.2, -0.15) is 13.2 Å². The van der Waals surface area contributed by atoms with Crippen molar-refractivity contribution >= 4 is 6.03 Å². The normalized spacial score (nSPS) is 23.7. The molecule has 1 aromatic carbocycles. The first kappa shape index (κ1) is 18.4. The molecule has 148 valence electrons. The predicted octanol–water partition coefficient (Wildman–Crippen LogP) is 4.64. The van der Waals surface area contributed by atoms with Gasteiger partial charge >= 0.3 is 12.2 Å². The van der Waals surface area contributed by atoms with Crippen LogP contribution in [-0.4, -0.2) is 24.4 Å². The molecule has 3 aliphatic rings. The maximum Gasteiger partial charge on any atom is 0.425 e. The fourth-order valence-electron chi connectivity index (χ4n) is 4.36. The molecule has 4 nitrogen and oxygen atoms in total. The molecule has 0 radical (unpaired) electrons. The molecule has 1 aromatic rings. The third-order valence-corrected chi connectivity index (χ3v) is 6.37. The fraction of sp³-hybridized carbons (Fsp3) is 0.650. The summed E-state index contributed by atoms with van der Waals surface area (Å²) in [5.41, 5.74) is 0.785. The van der Waals surface area contributed by atoms with Crippen LogP contribution in [0.2, 0.25) is 0 Å². The Hall–Kier alpha value is -1.92. The van der Waals surface area contributed by atoms with E-state index in [4.69, 9.17) is 4.74 Å². The number of hydrogen-bond donors (Lipinski definition) is 2. The van der Waals surface area contributed by atoms with E-state index in [1.807, 2.05) is 6.07 Å². The van der Waals surface area contributed by atoms with Gasteiger partial charge in [-0.1, -0.05) is 18.6 Å². The number of amides is 2. The van der Waals surface area contributed by atoms with E-state index in [1.54, 1.807) is 12.1 Å². The quantitative estimate of drug-likeness (QED) is 0.780. The first-order valence-electron chi connectivity index (χ1n) is 9.62. The van der Waals surface area contributed by atoms with Gasteiger partial charge in [-0.05, 0) is 68.6 Å². The van der Waals surface area contributed by atoms with E-state index in [9.17, 15) is 18.0 Å². The van der Waals surface area contributed by atoms with Crippen molar-refractivity contribution < 1.29 is 22.7 Å². The summed E-state index contributed by atoms with van der Waals surface area (Å²) in [5, 5.41) is 6.07. The zero-order chi connectivity index (χ0) is 19.3. The van der Waals surface area contributed by atoms with Crippen molar-refractivity contribution in [3.8, 4) is 5.75 Å². The van der Waals surface area contributed by atoms with Gasteiger partial charge < -0.3 is 15.4 Å². The topological polar surface area (TPSA) is 50.4 Å². The molecule has 0 bridgehead atoms. The Morgan fingerprint density at radius 1 is 1.22 bits per heavy atom. The minimum atomic E-state index is -4.41. The third kappa shape index (κ3) is 3.73. The van der Waals surface area contributed by atoms with Crippen molar-refractivity contribution in [3.05, 3.63) is 29.8 Å². The van der Waals surface area contributed by atoms with Crippen LogP contribution in [0.1, 0.15) is 57.4 Å². The first-order chi connectivity index (χ1) is 12.7. The average Bonchev–Trinajstić information content (AvgIpc) is 3.28. The molecule has 0 saturated heterocycles. The fourth-order valence-corrected chi connectivity index (χ4v) is 4.36. The van der Waals surface area contributed by atoms with E-state index in [0.29, 0.717) is 5.41 Å². The number of carbonyl (C=O) groups is 1. The second-order valence-corrected chi connectivity index (χ2v) is 8.47. The minimum Gasteiger partial charge on any atom is -0.481 e. The lowest BCUT2D eigenvalue weighted by Gasteiger charge is -2.54. The molecule has 2 amide bonds. The number of nitrogens with one attached hydrogen (secondary N) is 2. The summed E-state index contributed by atoms with van der Waals surface area (Å²) in [6.45, 7) is 0.985. The number of ether oxygens (including phenoxy) is 1. The number of rotatable bonds is 5. The van der Waals surface area contributed by atoms with Crippen LogP contribution < -0.4 is 15.4 Å². The highest BCUT2D eigenvalue weighted by Gasteiger charge is 2.50. The molecule has 0 aliphatic heterocycles. The van der Waals surface area contributed by atoms with E-state index in [0.717, 1.165) is 38.2 Å². The molecule has 7 heteroatoms. The maximum absolute atomic E-state index is 12.7. The van der Waals surface area contributed by atoms with Crippen molar-refractivity contribution in [2.45, 2.75) is 75.7 Å². The van der Waals surface area contributed by atoms with Crippen LogP contribution in [0.5, 0.6) is 5.75 Å². The number of benzene rings is 1. The minimum absolute atomic E-state index is 0.164. The molecule has 1 spiro atoms. The van der Waals surface area contributed by atoms with E-state index < -0.39 is 17.8 Å². The van der Waals surface area contributed by atoms with Gasteiger partial charge in [0.1, 0.15) is 5.75 Å². The molecule has 4 rings (SSSR count). The summed E-state index contributed by atoms with van der Waals surface area (Å²) in [5.74, 6) is 0.164. The number of hydrogen-bond acceptors (Lipinski definition) is 2. The van der Waals surface area contributed by atoms with Gasteiger partial charge in [-0.15, -0.1) is 0 Å². The molecule has 2 N–H and O–H groups in total. The first-order valence-corrected chi connectivity index (χ1v) is 9.62. The van der Waals surface area contributed by atoms with Crippen molar-refractivity contribution in [1.82, 2.24) is 10.6 Å². The molecule has 0 aromatic heterocycles. The predicted molar refractivity (Wildman–Crippen MR) is 94.5 cm³/mol. The molecule has 1 atom stereocenters. The lowest BCUT2D eigenvalue weighted by molar-refractivity contribution is -0.189. The van der Waals surface area contributed by atoms with E-state index in [2.05, 4.69) is 10.6 Å². The average molecular weight is 382 g/mol. The van der Waals surface area contributed by atoms with Gasteiger partial charge in [0.2, 0.25) is 0 Å². The summed E-state index contributed by atoms with van der Waals surface area (Å²) in [6, 6.07) is 6.64. The molecule has 3 saturated carbocycles. The zero-order valence-electron chi connectivity index (χ0n) is 15.4. The van der Waals surface area contributed by atoms with Crippen LogP contribution in [0.3, 0.4) is 0 Å². The number of carbonyl (C=O) groups excluding carboxylic acids is 1. The van der Waals surface area contributed by atoms with Gasteiger partial charge in [-0.3, -0.25) is 0 Å². The van der Waals surface area contributed by atoms with Crippen molar-refractivity contribution in [1.29, 1.82) is 0 Å². The standard InChI is InChI=1S/C20H25F3N2O2/c1-13(20(21,22)23)27-16-5-2-4-14(10-16)19(8-9-19)25-17(26)24-15-11-18(12-15)6-3-7-18/h2,4-5,10,13,15H,3,6-9,11-12H2,1H3,(H2,24,25,26)/t13-/m0/s1. The van der Waals surface area contributed by atoms with E-state index >= 15 is 0 Å². The Morgan fingerprint density at radius 2 is 1.93 bits per heavy atom. The van der Waals surface area contributed by atoms with Crippen molar-refractivity contribution in [2.24, 2.45) is 5.41 Å². The maximum atomic E-state index is 12.7. The smallest absolute Gasteiger partial charge is 0.425 e. The number of urea groups is 1. The van der Waals surface area contributed by atoms with Gasteiger partial charge in [0.15, 0.2) is 6.10 Å². The zero-order valence-corrected chi connectivity index (χ0v) is 15.4. The molecule has 0 heterocycles. The Labute approximate surface area is 156 Å². The molecular weight excluding hydrogens is 357 g/mol. The number of alkyl halides is 3. The third-order valence-electron chi connectivity index (χ3n) is 6.37. The Morgan fingerprint density at radius 3 is 2.48 bits per heavy atom. The second kappa shape index (κ2) is 6.31. The molecular formula is C20H25F3N2O2. The largest absolute Gasteiger partial charge is 0.481 e. The van der Waals surface area contributed by atoms with Gasteiger partial charge in [-0.25, -0.2) is 4.79 Å². The van der Waals surface area contributed by atoms with Crippen molar-refractivity contribution in [2.75, 3.05) is 0 Å². The van der Waals surface area contributed by atoms with Crippen LogP contribution >= 0.6 is 0 Å². The molecule has 3 fully saturated rings. The van der Waals surface area contributed by atoms with Gasteiger partial charge in [0.05, 0.1) is 5.54 Å². The highest BCUT2D eigenvalue weighted by molar-refractivity contribution is 5.76. The molecule has 0 unspecified atom stereocenters. The van der Waals surface area contributed by atoms with Crippen LogP contribution in [0.15, 0.2) is 24.3 Å². The van der Waals surface area contributed by atoms with Crippen LogP contribution in [0.4, 0.5) is 18.0 Å². The van der Waals surface area contributed by atoms with Gasteiger partial charge in [0.25, 0.3) is 0 Å². The highest BCUT2D eigenvalue weighted by Crippen LogP contribution is 2.55. The van der Waals surface area contributed by atoms with E-state index in [1.165, 1.54) is 25.3 Å². The van der Waals surface area contributed by atoms with Gasteiger partial charge in [0, 0.05) is 6.04 Å². The summed E-state index contributed by atoms with van der Waals surface area (Å²) in [4.78, 5) is 12.4. The lowest BCUT2D eigenvalue weighted by atomic mass is 9.54. The van der Waals surface area contributed by atoms with Crippen LogP contribution in [0, 0.1) is 5.41 Å². The molecule has 27 heavy (non-hydrogen) atoms. The van der Waals surface area contributed by atoms with Crippen LogP contribution in [-0.2, 0) is 5.54 Å². The second-order valence-electron chi connectivity index (χ2n) is 8.47. The van der Waals surface area contributed by atoms with Crippen LogP contribution in [0.25, 0.3) is 0 Å². The summed E-state index contributed by atoms with van der Waals surface area (Å²) in [6.07, 6.45) is 1.23. The monoisotopic (exact) mass is 382 g/mol. The Balaban J connectivity index is 1.35. The Bertz CT molecular complexity index is 718. The SMILES string of the molecule is C[C@H](Oc1cccc(C2(NC(=O)NC3CC4(CCC4)C3)CC2)c1)C(F)(F)F. The summed E-state index contributed by atoms with van der Waals surface area (Å²) in [7, 11) is 0. The van der Waals surface area contributed by atoms with E-state index in [-0.39, 0.29) is 17.8 Å². The lowest BCUT2D eigenvalue weighted by Crippen LogP contribution is -2.56. The Kier molecular flexibility index (Phi) is 4.31.